The molecule has 1 unspecified atom stereocenters. The maximum absolute atomic E-state index is 11.0. The molecule has 0 bridgehead atoms. The Bertz CT molecular complexity index is 263. The normalized spacial score (nSPS) is 27.6. The van der Waals surface area contributed by atoms with E-state index in [1.165, 1.54) is 0 Å². The van der Waals surface area contributed by atoms with E-state index in [-0.39, 0.29) is 6.04 Å². The first-order valence-corrected chi connectivity index (χ1v) is 5.32. The van der Waals surface area contributed by atoms with Gasteiger partial charge < -0.3 is 10.0 Å². The Balaban J connectivity index is 2.08. The molecule has 2 aliphatic rings. The van der Waals surface area contributed by atoms with Gasteiger partial charge in [0.1, 0.15) is 6.04 Å². The van der Waals surface area contributed by atoms with Crippen LogP contribution in [0.3, 0.4) is 0 Å². The number of aliphatic imine (C=N–C) groups is 1. The fraction of sp³-hybridized carbons (Fsp3) is 0.800. The van der Waals surface area contributed by atoms with Gasteiger partial charge in [0, 0.05) is 19.5 Å². The van der Waals surface area contributed by atoms with Crippen LogP contribution in [-0.4, -0.2) is 40.9 Å². The highest BCUT2D eigenvalue weighted by Crippen LogP contribution is 2.21. The Hall–Kier alpha value is -1.06. The van der Waals surface area contributed by atoms with Crippen LogP contribution in [0.15, 0.2) is 4.99 Å². The summed E-state index contributed by atoms with van der Waals surface area (Å²) in [5.41, 5.74) is 0. The van der Waals surface area contributed by atoms with Crippen LogP contribution >= 0.6 is 0 Å². The van der Waals surface area contributed by atoms with E-state index in [4.69, 9.17) is 5.11 Å². The minimum atomic E-state index is -0.698. The van der Waals surface area contributed by atoms with E-state index in [1.54, 1.807) is 0 Å². The Morgan fingerprint density at radius 1 is 1.43 bits per heavy atom. The van der Waals surface area contributed by atoms with Crippen LogP contribution in [0.2, 0.25) is 0 Å². The average Bonchev–Trinajstić information content (AvgIpc) is 2.67. The smallest absolute Gasteiger partial charge is 0.326 e. The highest BCUT2D eigenvalue weighted by molar-refractivity contribution is 5.88. The van der Waals surface area contributed by atoms with Crippen LogP contribution in [0.25, 0.3) is 0 Å². The van der Waals surface area contributed by atoms with Crippen LogP contribution in [0.5, 0.6) is 0 Å². The third-order valence-electron chi connectivity index (χ3n) is 2.97. The number of aliphatic carboxylic acids is 1. The summed E-state index contributed by atoms with van der Waals surface area (Å²) >= 11 is 0. The van der Waals surface area contributed by atoms with Crippen molar-refractivity contribution < 1.29 is 9.90 Å². The van der Waals surface area contributed by atoms with Crippen molar-refractivity contribution in [2.24, 2.45) is 4.99 Å². The first-order valence-electron chi connectivity index (χ1n) is 5.32. The molecular weight excluding hydrogens is 180 g/mol. The van der Waals surface area contributed by atoms with Crippen LogP contribution in [0.1, 0.15) is 32.1 Å². The topological polar surface area (TPSA) is 52.9 Å². The predicted octanol–water partition coefficient (Wildman–Crippen LogP) is 1.12. The van der Waals surface area contributed by atoms with Crippen molar-refractivity contribution in [3.05, 3.63) is 0 Å². The van der Waals surface area contributed by atoms with E-state index in [0.717, 1.165) is 51.0 Å². The summed E-state index contributed by atoms with van der Waals surface area (Å²) in [6, 6.07) is -0.313. The molecular formula is C10H16N2O2. The zero-order valence-corrected chi connectivity index (χ0v) is 8.28. The van der Waals surface area contributed by atoms with Crippen molar-refractivity contribution in [2.45, 2.75) is 38.1 Å². The van der Waals surface area contributed by atoms with E-state index in [0.29, 0.717) is 0 Å². The molecule has 0 aromatic rings. The monoisotopic (exact) mass is 196 g/mol. The van der Waals surface area contributed by atoms with Crippen LogP contribution in [-0.2, 0) is 4.79 Å². The predicted molar refractivity (Wildman–Crippen MR) is 53.5 cm³/mol. The van der Waals surface area contributed by atoms with Gasteiger partial charge in [0.15, 0.2) is 0 Å². The fourth-order valence-electron chi connectivity index (χ4n) is 2.25. The van der Waals surface area contributed by atoms with Crippen LogP contribution in [0, 0.1) is 0 Å². The van der Waals surface area contributed by atoms with Crippen LogP contribution in [0.4, 0.5) is 0 Å². The lowest BCUT2D eigenvalue weighted by atomic mass is 10.1. The van der Waals surface area contributed by atoms with Crippen molar-refractivity contribution in [1.29, 1.82) is 0 Å². The molecule has 78 valence electrons. The molecule has 0 aromatic carbocycles. The van der Waals surface area contributed by atoms with Gasteiger partial charge in [-0.1, -0.05) is 0 Å². The lowest BCUT2D eigenvalue weighted by Crippen LogP contribution is -2.41. The van der Waals surface area contributed by atoms with Gasteiger partial charge in [-0.25, -0.2) is 4.79 Å². The highest BCUT2D eigenvalue weighted by Gasteiger charge is 2.32. The molecule has 0 amide bonds. The number of likely N-dealkylation sites (tertiary alicyclic amines) is 1. The maximum Gasteiger partial charge on any atom is 0.326 e. The largest absolute Gasteiger partial charge is 0.480 e. The fourth-order valence-corrected chi connectivity index (χ4v) is 2.25. The summed E-state index contributed by atoms with van der Waals surface area (Å²) in [5, 5.41) is 9.02. The minimum Gasteiger partial charge on any atom is -0.480 e. The standard InChI is InChI=1S/C10H16N2O2/c13-10(14)8-4-3-7-12(8)9-5-1-2-6-11-9/h8H,1-7H2,(H,13,14). The third-order valence-corrected chi connectivity index (χ3v) is 2.97. The van der Waals surface area contributed by atoms with E-state index in [9.17, 15) is 4.79 Å². The minimum absolute atomic E-state index is 0.313. The first kappa shape index (κ1) is 9.49. The van der Waals surface area contributed by atoms with E-state index < -0.39 is 5.97 Å². The first-order chi connectivity index (χ1) is 6.79. The van der Waals surface area contributed by atoms with E-state index >= 15 is 0 Å². The van der Waals surface area contributed by atoms with Gasteiger partial charge in [0.2, 0.25) is 0 Å². The Kier molecular flexibility index (Phi) is 2.70. The van der Waals surface area contributed by atoms with Gasteiger partial charge >= 0.3 is 5.97 Å². The van der Waals surface area contributed by atoms with Crippen molar-refractivity contribution in [3.63, 3.8) is 0 Å². The molecule has 4 heteroatoms. The molecule has 0 aliphatic carbocycles. The average molecular weight is 196 g/mol. The lowest BCUT2D eigenvalue weighted by Gasteiger charge is -2.27. The van der Waals surface area contributed by atoms with Crippen LogP contribution < -0.4 is 0 Å². The number of hydrogen-bond donors (Lipinski definition) is 1. The molecule has 14 heavy (non-hydrogen) atoms. The number of carboxylic acid groups (broad SMARTS) is 1. The second-order valence-electron chi connectivity index (χ2n) is 3.94. The van der Waals surface area contributed by atoms with Gasteiger partial charge in [0.25, 0.3) is 0 Å². The molecule has 0 spiro atoms. The zero-order valence-electron chi connectivity index (χ0n) is 8.28. The van der Waals surface area contributed by atoms with Crippen molar-refractivity contribution >= 4 is 11.8 Å². The quantitative estimate of drug-likeness (QED) is 0.683. The lowest BCUT2D eigenvalue weighted by molar-refractivity contribution is -0.140. The summed E-state index contributed by atoms with van der Waals surface area (Å²) in [7, 11) is 0. The Labute approximate surface area is 83.6 Å². The molecule has 1 fully saturated rings. The van der Waals surface area contributed by atoms with Gasteiger partial charge in [0.05, 0.1) is 5.84 Å². The summed E-state index contributed by atoms with van der Waals surface area (Å²) in [6.07, 6.45) is 5.02. The molecule has 2 heterocycles. The summed E-state index contributed by atoms with van der Waals surface area (Å²) in [4.78, 5) is 17.4. The number of nitrogens with zero attached hydrogens (tertiary/aromatic N) is 2. The molecule has 0 radical (unpaired) electrons. The van der Waals surface area contributed by atoms with Crippen molar-refractivity contribution in [2.75, 3.05) is 13.1 Å². The maximum atomic E-state index is 11.0. The number of rotatable bonds is 1. The molecule has 1 saturated heterocycles. The van der Waals surface area contributed by atoms with Crippen molar-refractivity contribution in [1.82, 2.24) is 4.90 Å². The van der Waals surface area contributed by atoms with Crippen molar-refractivity contribution in [3.8, 4) is 0 Å². The molecule has 1 N–H and O–H groups in total. The SMILES string of the molecule is O=C(O)C1CCCN1C1=NCCCC1. The molecule has 2 rings (SSSR count). The highest BCUT2D eigenvalue weighted by atomic mass is 16.4. The molecule has 1 atom stereocenters. The number of amidine groups is 1. The Morgan fingerprint density at radius 2 is 2.29 bits per heavy atom. The van der Waals surface area contributed by atoms with E-state index in [1.807, 2.05) is 4.90 Å². The molecule has 4 nitrogen and oxygen atoms in total. The second kappa shape index (κ2) is 3.98. The van der Waals surface area contributed by atoms with Gasteiger partial charge in [-0.2, -0.15) is 0 Å². The molecule has 0 saturated carbocycles. The summed E-state index contributed by atoms with van der Waals surface area (Å²) < 4.78 is 0. The van der Waals surface area contributed by atoms with E-state index in [2.05, 4.69) is 4.99 Å². The molecule has 2 aliphatic heterocycles. The second-order valence-corrected chi connectivity index (χ2v) is 3.94. The number of carboxylic acids is 1. The number of hydrogen-bond acceptors (Lipinski definition) is 3. The van der Waals surface area contributed by atoms with Gasteiger partial charge in [-0.3, -0.25) is 4.99 Å². The summed E-state index contributed by atoms with van der Waals surface area (Å²) in [5.74, 6) is 0.330. The van der Waals surface area contributed by atoms with Gasteiger partial charge in [-0.15, -0.1) is 0 Å². The Morgan fingerprint density at radius 3 is 2.93 bits per heavy atom. The summed E-state index contributed by atoms with van der Waals surface area (Å²) in [6.45, 7) is 1.74. The third kappa shape index (κ3) is 1.74. The zero-order chi connectivity index (χ0) is 9.97. The number of carbonyl (C=O) groups is 1. The molecule has 0 aromatic heterocycles. The van der Waals surface area contributed by atoms with Gasteiger partial charge in [-0.05, 0) is 25.7 Å².